The number of aliphatic hydroxyl groups is 1. The number of amides is 2. The van der Waals surface area contributed by atoms with Crippen molar-refractivity contribution < 1.29 is 24.0 Å². The van der Waals surface area contributed by atoms with Crippen LogP contribution in [0.25, 0.3) is 0 Å². The van der Waals surface area contributed by atoms with Gasteiger partial charge in [0.25, 0.3) is 0 Å². The van der Waals surface area contributed by atoms with Crippen LogP contribution in [0.15, 0.2) is 40.9 Å². The van der Waals surface area contributed by atoms with E-state index < -0.39 is 30.0 Å². The molecular formula is C23H29N3O5. The zero-order chi connectivity index (χ0) is 22.5. The summed E-state index contributed by atoms with van der Waals surface area (Å²) in [5.74, 6) is -0.928. The van der Waals surface area contributed by atoms with E-state index in [0.29, 0.717) is 11.5 Å². The number of benzene rings is 1. The minimum Gasteiger partial charge on any atom is -0.391 e. The molecule has 4 atom stereocenters. The third-order valence-corrected chi connectivity index (χ3v) is 5.60. The third kappa shape index (κ3) is 5.19. The maximum atomic E-state index is 13.4. The van der Waals surface area contributed by atoms with Crippen LogP contribution >= 0.6 is 0 Å². The van der Waals surface area contributed by atoms with Crippen LogP contribution in [0, 0.1) is 12.8 Å². The monoisotopic (exact) mass is 427 g/mol. The van der Waals surface area contributed by atoms with E-state index in [1.807, 2.05) is 44.2 Å². The lowest BCUT2D eigenvalue weighted by Crippen LogP contribution is -2.48. The van der Waals surface area contributed by atoms with Gasteiger partial charge in [0, 0.05) is 25.5 Å². The number of nitrogens with zero attached hydrogens (tertiary/aromatic N) is 2. The predicted molar refractivity (Wildman–Crippen MR) is 113 cm³/mol. The van der Waals surface area contributed by atoms with Gasteiger partial charge >= 0.3 is 0 Å². The first-order valence-corrected chi connectivity index (χ1v) is 10.5. The van der Waals surface area contributed by atoms with Crippen molar-refractivity contribution in [3.63, 3.8) is 0 Å². The molecule has 1 aliphatic rings. The lowest BCUT2D eigenvalue weighted by atomic mass is 9.91. The Morgan fingerprint density at radius 1 is 1.32 bits per heavy atom. The molecule has 2 N–H and O–H groups in total. The number of aldehydes is 1. The standard InChI is InChI=1S/C23H29N3O5/c1-14(2)21(20-11-15(3)25-31-20)23(30)26-13-17(28)12-19(26)22(29)24-18(9-10-27)16-7-5-4-6-8-16/h4-8,10-11,14,17-19,21,28H,9,12-13H2,1-3H3,(H,24,29)/t17?,18-,19-,21+/m0/s1. The van der Waals surface area contributed by atoms with Crippen LogP contribution in [-0.4, -0.2) is 52.0 Å². The van der Waals surface area contributed by atoms with E-state index >= 15 is 0 Å². The number of β-amino-alcohol motifs (C(OH)–C–C–N with tert-alkyl or cyclic N) is 1. The largest absolute Gasteiger partial charge is 0.391 e. The molecule has 166 valence electrons. The highest BCUT2D eigenvalue weighted by Crippen LogP contribution is 2.31. The second kappa shape index (κ2) is 9.87. The van der Waals surface area contributed by atoms with Gasteiger partial charge in [-0.3, -0.25) is 9.59 Å². The number of aryl methyl sites for hydroxylation is 1. The lowest BCUT2D eigenvalue weighted by molar-refractivity contribution is -0.141. The van der Waals surface area contributed by atoms with Crippen molar-refractivity contribution in [1.29, 1.82) is 0 Å². The molecule has 31 heavy (non-hydrogen) atoms. The zero-order valence-corrected chi connectivity index (χ0v) is 18.0. The minimum atomic E-state index is -0.828. The predicted octanol–water partition coefficient (Wildman–Crippen LogP) is 2.13. The van der Waals surface area contributed by atoms with Gasteiger partial charge in [-0.25, -0.2) is 0 Å². The molecule has 2 amide bonds. The fraction of sp³-hybridized carbons (Fsp3) is 0.478. The first kappa shape index (κ1) is 22.7. The van der Waals surface area contributed by atoms with E-state index in [1.54, 1.807) is 13.0 Å². The zero-order valence-electron chi connectivity index (χ0n) is 18.0. The highest BCUT2D eigenvalue weighted by atomic mass is 16.5. The van der Waals surface area contributed by atoms with Crippen LogP contribution in [-0.2, 0) is 14.4 Å². The SMILES string of the molecule is Cc1cc([C@H](C(=O)N2CC(O)C[C@H]2C(=O)N[C@@H](CC=O)c2ccccc2)C(C)C)on1. The maximum Gasteiger partial charge on any atom is 0.243 e. The van der Waals surface area contributed by atoms with Gasteiger partial charge < -0.3 is 24.6 Å². The molecule has 0 aliphatic carbocycles. The normalized spacial score (nSPS) is 20.5. The molecule has 2 heterocycles. The Bertz CT molecular complexity index is 911. The summed E-state index contributed by atoms with van der Waals surface area (Å²) in [6.07, 6.45) is 0.210. The van der Waals surface area contributed by atoms with Gasteiger partial charge in [0.1, 0.15) is 24.0 Å². The summed E-state index contributed by atoms with van der Waals surface area (Å²) in [5.41, 5.74) is 1.47. The fourth-order valence-electron chi connectivity index (χ4n) is 4.08. The highest BCUT2D eigenvalue weighted by molar-refractivity contribution is 5.91. The Kier molecular flexibility index (Phi) is 7.22. The van der Waals surface area contributed by atoms with Crippen LogP contribution in [0.2, 0.25) is 0 Å². The van der Waals surface area contributed by atoms with Crippen molar-refractivity contribution in [2.75, 3.05) is 6.54 Å². The van der Waals surface area contributed by atoms with Crippen LogP contribution in [0.4, 0.5) is 0 Å². The number of likely N-dealkylation sites (tertiary alicyclic amines) is 1. The van der Waals surface area contributed by atoms with E-state index in [-0.39, 0.29) is 31.2 Å². The Morgan fingerprint density at radius 3 is 2.61 bits per heavy atom. The number of aliphatic hydroxyl groups excluding tert-OH is 1. The van der Waals surface area contributed by atoms with Gasteiger partial charge in [-0.1, -0.05) is 49.3 Å². The summed E-state index contributed by atoms with van der Waals surface area (Å²) in [7, 11) is 0. The summed E-state index contributed by atoms with van der Waals surface area (Å²) in [6, 6.07) is 9.59. The summed E-state index contributed by atoms with van der Waals surface area (Å²) >= 11 is 0. The van der Waals surface area contributed by atoms with E-state index in [1.165, 1.54) is 4.90 Å². The number of hydrogen-bond donors (Lipinski definition) is 2. The molecule has 0 spiro atoms. The first-order chi connectivity index (χ1) is 14.8. The molecule has 8 nitrogen and oxygen atoms in total. The van der Waals surface area contributed by atoms with Gasteiger partial charge in [-0.05, 0) is 18.4 Å². The summed E-state index contributed by atoms with van der Waals surface area (Å²) in [4.78, 5) is 39.1. The topological polar surface area (TPSA) is 113 Å². The molecule has 0 saturated carbocycles. The number of aromatic nitrogens is 1. The molecule has 3 rings (SSSR count). The van der Waals surface area contributed by atoms with Gasteiger partial charge in [0.05, 0.1) is 17.8 Å². The van der Waals surface area contributed by atoms with Crippen molar-refractivity contribution in [2.45, 2.75) is 57.7 Å². The molecule has 8 heteroatoms. The number of rotatable bonds is 8. The van der Waals surface area contributed by atoms with Crippen LogP contribution in [0.5, 0.6) is 0 Å². The lowest BCUT2D eigenvalue weighted by Gasteiger charge is -2.29. The number of carbonyl (C=O) groups excluding carboxylic acids is 3. The average Bonchev–Trinajstić information content (AvgIpc) is 3.33. The minimum absolute atomic E-state index is 0.0664. The molecule has 1 aromatic heterocycles. The Labute approximate surface area is 181 Å². The average molecular weight is 428 g/mol. The van der Waals surface area contributed by atoms with Crippen LogP contribution < -0.4 is 5.32 Å². The van der Waals surface area contributed by atoms with Crippen molar-refractivity contribution >= 4 is 18.1 Å². The van der Waals surface area contributed by atoms with Crippen LogP contribution in [0.1, 0.15) is 55.7 Å². The second-order valence-electron chi connectivity index (χ2n) is 8.36. The van der Waals surface area contributed by atoms with Gasteiger partial charge in [-0.2, -0.15) is 0 Å². The van der Waals surface area contributed by atoms with Crippen molar-refractivity contribution in [3.05, 3.63) is 53.4 Å². The van der Waals surface area contributed by atoms with E-state index in [9.17, 15) is 19.5 Å². The van der Waals surface area contributed by atoms with Crippen LogP contribution in [0.3, 0.4) is 0 Å². The highest BCUT2D eigenvalue weighted by Gasteiger charge is 2.43. The molecule has 0 radical (unpaired) electrons. The quantitative estimate of drug-likeness (QED) is 0.624. The Hall–Kier alpha value is -3.00. The van der Waals surface area contributed by atoms with Crippen molar-refractivity contribution in [2.24, 2.45) is 5.92 Å². The molecule has 2 aromatic rings. The van der Waals surface area contributed by atoms with E-state index in [4.69, 9.17) is 4.52 Å². The molecule has 1 fully saturated rings. The molecule has 1 aromatic carbocycles. The first-order valence-electron chi connectivity index (χ1n) is 10.5. The number of nitrogens with one attached hydrogen (secondary N) is 1. The van der Waals surface area contributed by atoms with Crippen molar-refractivity contribution in [1.82, 2.24) is 15.4 Å². The molecule has 1 aliphatic heterocycles. The van der Waals surface area contributed by atoms with E-state index in [2.05, 4.69) is 10.5 Å². The molecule has 0 bridgehead atoms. The van der Waals surface area contributed by atoms with Crippen molar-refractivity contribution in [3.8, 4) is 0 Å². The second-order valence-corrected chi connectivity index (χ2v) is 8.36. The summed E-state index contributed by atoms with van der Waals surface area (Å²) in [6.45, 7) is 5.65. The van der Waals surface area contributed by atoms with Gasteiger partial charge in [-0.15, -0.1) is 0 Å². The summed E-state index contributed by atoms with van der Waals surface area (Å²) in [5, 5.41) is 17.0. The Morgan fingerprint density at radius 2 is 2.03 bits per heavy atom. The maximum absolute atomic E-state index is 13.4. The van der Waals surface area contributed by atoms with E-state index in [0.717, 1.165) is 11.8 Å². The third-order valence-electron chi connectivity index (χ3n) is 5.60. The summed E-state index contributed by atoms with van der Waals surface area (Å²) < 4.78 is 5.35. The number of hydrogen-bond acceptors (Lipinski definition) is 6. The fourth-order valence-corrected chi connectivity index (χ4v) is 4.08. The molecular weight excluding hydrogens is 398 g/mol. The van der Waals surface area contributed by atoms with Gasteiger partial charge in [0.2, 0.25) is 11.8 Å². The molecule has 1 saturated heterocycles. The number of carbonyl (C=O) groups is 3. The smallest absolute Gasteiger partial charge is 0.243 e. The Balaban J connectivity index is 1.81. The molecule has 1 unspecified atom stereocenters. The van der Waals surface area contributed by atoms with Gasteiger partial charge in [0.15, 0.2) is 0 Å².